The summed E-state index contributed by atoms with van der Waals surface area (Å²) in [4.78, 5) is 10.5. The van der Waals surface area contributed by atoms with Crippen molar-refractivity contribution in [2.24, 2.45) is 0 Å². The molecule has 0 bridgehead atoms. The van der Waals surface area contributed by atoms with Gasteiger partial charge in [0.2, 0.25) is 0 Å². The zero-order chi connectivity index (χ0) is 14.3. The molecule has 0 saturated heterocycles. The van der Waals surface area contributed by atoms with E-state index in [1.54, 1.807) is 0 Å². The summed E-state index contributed by atoms with van der Waals surface area (Å²) in [7, 11) is 1.48. The average Bonchev–Trinajstić information content (AvgIpc) is 2.37. The van der Waals surface area contributed by atoms with Crippen LogP contribution in [-0.2, 0) is 15.7 Å². The number of aldehydes is 1. The van der Waals surface area contributed by atoms with Crippen LogP contribution in [0.25, 0.3) is 0 Å². The van der Waals surface area contributed by atoms with Crippen molar-refractivity contribution in [2.75, 3.05) is 27.1 Å². The summed E-state index contributed by atoms with van der Waals surface area (Å²) in [6.07, 6.45) is -4.25. The van der Waals surface area contributed by atoms with E-state index in [0.717, 1.165) is 12.1 Å². The van der Waals surface area contributed by atoms with E-state index in [0.29, 0.717) is 12.9 Å². The summed E-state index contributed by atoms with van der Waals surface area (Å²) in [6, 6.07) is 3.07. The van der Waals surface area contributed by atoms with E-state index in [1.165, 1.54) is 13.2 Å². The summed E-state index contributed by atoms with van der Waals surface area (Å²) in [5.74, 6) is -0.379. The SMILES string of the molecule is COCCOCOc1ccc(C=O)cc1C(F)(F)F. The molecule has 0 atom stereocenters. The van der Waals surface area contributed by atoms with Gasteiger partial charge in [0.1, 0.15) is 12.0 Å². The van der Waals surface area contributed by atoms with Crippen molar-refractivity contribution in [1.29, 1.82) is 0 Å². The molecule has 1 aromatic rings. The molecule has 0 N–H and O–H groups in total. The van der Waals surface area contributed by atoms with Gasteiger partial charge in [0.15, 0.2) is 6.79 Å². The summed E-state index contributed by atoms with van der Waals surface area (Å²) < 4.78 is 52.7. The Balaban J connectivity index is 2.74. The molecule has 0 aliphatic carbocycles. The first-order valence-corrected chi connectivity index (χ1v) is 5.35. The van der Waals surface area contributed by atoms with Crippen LogP contribution in [0.5, 0.6) is 5.75 Å². The topological polar surface area (TPSA) is 44.8 Å². The van der Waals surface area contributed by atoms with Gasteiger partial charge >= 0.3 is 6.18 Å². The van der Waals surface area contributed by atoms with Gasteiger partial charge in [-0.15, -0.1) is 0 Å². The summed E-state index contributed by atoms with van der Waals surface area (Å²) in [5, 5.41) is 0. The molecule has 1 aromatic carbocycles. The lowest BCUT2D eigenvalue weighted by Gasteiger charge is -2.14. The molecule has 4 nitrogen and oxygen atoms in total. The van der Waals surface area contributed by atoms with Crippen LogP contribution in [0.15, 0.2) is 18.2 Å². The highest BCUT2D eigenvalue weighted by atomic mass is 19.4. The maximum Gasteiger partial charge on any atom is 0.419 e. The molecule has 106 valence electrons. The minimum Gasteiger partial charge on any atom is -0.467 e. The molecular weight excluding hydrogens is 265 g/mol. The van der Waals surface area contributed by atoms with Crippen LogP contribution in [0.4, 0.5) is 13.2 Å². The third-order valence-corrected chi connectivity index (χ3v) is 2.17. The first-order chi connectivity index (χ1) is 8.99. The Bertz CT molecular complexity index is 418. The number of halogens is 3. The molecule has 7 heteroatoms. The van der Waals surface area contributed by atoms with E-state index in [1.807, 2.05) is 0 Å². The Morgan fingerprint density at radius 1 is 1.26 bits per heavy atom. The van der Waals surface area contributed by atoms with Crippen LogP contribution < -0.4 is 4.74 Å². The van der Waals surface area contributed by atoms with E-state index in [4.69, 9.17) is 14.2 Å². The van der Waals surface area contributed by atoms with Crippen LogP contribution >= 0.6 is 0 Å². The van der Waals surface area contributed by atoms with Crippen molar-refractivity contribution < 1.29 is 32.2 Å². The minimum absolute atomic E-state index is 0.0695. The van der Waals surface area contributed by atoms with E-state index < -0.39 is 11.7 Å². The lowest BCUT2D eigenvalue weighted by Crippen LogP contribution is -2.12. The van der Waals surface area contributed by atoms with Crippen molar-refractivity contribution in [1.82, 2.24) is 0 Å². The summed E-state index contributed by atoms with van der Waals surface area (Å²) in [6.45, 7) is 0.205. The number of carbonyl (C=O) groups is 1. The number of methoxy groups -OCH3 is 1. The second-order valence-corrected chi connectivity index (χ2v) is 3.53. The Kier molecular flexibility index (Phi) is 5.78. The lowest BCUT2D eigenvalue weighted by molar-refractivity contribution is -0.139. The van der Waals surface area contributed by atoms with Crippen LogP contribution in [0, 0.1) is 0 Å². The molecule has 0 radical (unpaired) electrons. The molecule has 0 heterocycles. The maximum absolute atomic E-state index is 12.7. The van der Waals surface area contributed by atoms with Crippen molar-refractivity contribution in [2.45, 2.75) is 6.18 Å². The second-order valence-electron chi connectivity index (χ2n) is 3.53. The Morgan fingerprint density at radius 3 is 2.58 bits per heavy atom. The fourth-order valence-electron chi connectivity index (χ4n) is 1.27. The lowest BCUT2D eigenvalue weighted by atomic mass is 10.1. The molecule has 0 fully saturated rings. The largest absolute Gasteiger partial charge is 0.467 e. The fraction of sp³-hybridized carbons (Fsp3) is 0.417. The molecule has 0 aromatic heterocycles. The highest BCUT2D eigenvalue weighted by Crippen LogP contribution is 2.36. The Hall–Kier alpha value is -1.60. The van der Waals surface area contributed by atoms with Gasteiger partial charge in [0.25, 0.3) is 0 Å². The zero-order valence-corrected chi connectivity index (χ0v) is 10.2. The predicted octanol–water partition coefficient (Wildman–Crippen LogP) is 2.52. The fourth-order valence-corrected chi connectivity index (χ4v) is 1.27. The monoisotopic (exact) mass is 278 g/mol. The van der Waals surface area contributed by atoms with Crippen LogP contribution in [-0.4, -0.2) is 33.4 Å². The van der Waals surface area contributed by atoms with Gasteiger partial charge < -0.3 is 14.2 Å². The van der Waals surface area contributed by atoms with E-state index >= 15 is 0 Å². The van der Waals surface area contributed by atoms with Gasteiger partial charge in [-0.25, -0.2) is 0 Å². The number of alkyl halides is 3. The molecule has 0 aliphatic heterocycles. The molecule has 0 spiro atoms. The number of hydrogen-bond acceptors (Lipinski definition) is 4. The quantitative estimate of drug-likeness (QED) is 0.437. The molecular formula is C12H13F3O4. The number of rotatable bonds is 7. The number of hydrogen-bond donors (Lipinski definition) is 0. The summed E-state index contributed by atoms with van der Waals surface area (Å²) in [5.41, 5.74) is -1.08. The highest BCUT2D eigenvalue weighted by Gasteiger charge is 2.34. The highest BCUT2D eigenvalue weighted by molar-refractivity contribution is 5.75. The minimum atomic E-state index is -4.60. The van der Waals surface area contributed by atoms with Gasteiger partial charge in [-0.2, -0.15) is 13.2 Å². The van der Waals surface area contributed by atoms with Crippen molar-refractivity contribution >= 4 is 6.29 Å². The summed E-state index contributed by atoms with van der Waals surface area (Å²) >= 11 is 0. The Morgan fingerprint density at radius 2 is 2.00 bits per heavy atom. The van der Waals surface area contributed by atoms with Crippen molar-refractivity contribution in [3.05, 3.63) is 29.3 Å². The second kappa shape index (κ2) is 7.10. The normalized spacial score (nSPS) is 11.4. The maximum atomic E-state index is 12.7. The van der Waals surface area contributed by atoms with E-state index in [2.05, 4.69) is 0 Å². The van der Waals surface area contributed by atoms with Crippen LogP contribution in [0.2, 0.25) is 0 Å². The number of ether oxygens (including phenoxy) is 3. The van der Waals surface area contributed by atoms with E-state index in [9.17, 15) is 18.0 Å². The molecule has 0 aliphatic rings. The van der Waals surface area contributed by atoms with Gasteiger partial charge in [0.05, 0.1) is 18.8 Å². The number of benzene rings is 1. The zero-order valence-electron chi connectivity index (χ0n) is 10.2. The van der Waals surface area contributed by atoms with E-state index in [-0.39, 0.29) is 24.7 Å². The van der Waals surface area contributed by atoms with Crippen molar-refractivity contribution in [3.63, 3.8) is 0 Å². The van der Waals surface area contributed by atoms with Crippen LogP contribution in [0.3, 0.4) is 0 Å². The standard InChI is InChI=1S/C12H13F3O4/c1-17-4-5-18-8-19-11-3-2-9(7-16)6-10(11)12(13,14)15/h2-3,6-7H,4-5,8H2,1H3. The molecule has 19 heavy (non-hydrogen) atoms. The number of carbonyl (C=O) groups excluding carboxylic acids is 1. The van der Waals surface area contributed by atoms with Gasteiger partial charge in [-0.1, -0.05) is 0 Å². The average molecular weight is 278 g/mol. The molecule has 0 unspecified atom stereocenters. The van der Waals surface area contributed by atoms with Gasteiger partial charge in [-0.05, 0) is 18.2 Å². The van der Waals surface area contributed by atoms with Crippen molar-refractivity contribution in [3.8, 4) is 5.75 Å². The molecule has 1 rings (SSSR count). The first-order valence-electron chi connectivity index (χ1n) is 5.35. The van der Waals surface area contributed by atoms with Gasteiger partial charge in [0, 0.05) is 12.7 Å². The molecule has 0 saturated carbocycles. The third-order valence-electron chi connectivity index (χ3n) is 2.17. The molecule has 0 amide bonds. The first kappa shape index (κ1) is 15.5. The Labute approximate surface area is 108 Å². The van der Waals surface area contributed by atoms with Crippen LogP contribution in [0.1, 0.15) is 15.9 Å². The smallest absolute Gasteiger partial charge is 0.419 e. The predicted molar refractivity (Wildman–Crippen MR) is 60.2 cm³/mol. The van der Waals surface area contributed by atoms with Gasteiger partial charge in [-0.3, -0.25) is 4.79 Å². The third kappa shape index (κ3) is 4.88.